The van der Waals surface area contributed by atoms with E-state index < -0.39 is 6.10 Å². The number of aliphatic hydroxyl groups is 1. The molecule has 0 aliphatic heterocycles. The Hall–Kier alpha value is -0.840. The minimum atomic E-state index is -0.463. The van der Waals surface area contributed by atoms with E-state index in [0.29, 0.717) is 6.61 Å². The first kappa shape index (κ1) is 12.6. The first-order valence-corrected chi connectivity index (χ1v) is 6.91. The predicted molar refractivity (Wildman–Crippen MR) is 73.4 cm³/mol. The zero-order valence-electron chi connectivity index (χ0n) is 9.39. The number of hydrogen-bond acceptors (Lipinski definition) is 3. The molecule has 0 bridgehead atoms. The summed E-state index contributed by atoms with van der Waals surface area (Å²) in [6, 6.07) is 11.6. The first-order chi connectivity index (χ1) is 8.15. The third kappa shape index (κ3) is 3.56. The Morgan fingerprint density at radius 2 is 2.18 bits per heavy atom. The van der Waals surface area contributed by atoms with Gasteiger partial charge in [-0.05, 0) is 52.7 Å². The van der Waals surface area contributed by atoms with Crippen LogP contribution < -0.4 is 4.74 Å². The number of thiophene rings is 1. The molecular weight excluding hydrogens is 300 g/mol. The van der Waals surface area contributed by atoms with Crippen LogP contribution in [0.5, 0.6) is 5.75 Å². The number of aliphatic hydroxyl groups excluding tert-OH is 1. The number of rotatable bonds is 4. The van der Waals surface area contributed by atoms with Crippen LogP contribution in [0.4, 0.5) is 0 Å². The van der Waals surface area contributed by atoms with E-state index in [1.807, 2.05) is 36.4 Å². The molecule has 2 rings (SSSR count). The zero-order valence-corrected chi connectivity index (χ0v) is 11.8. The second-order valence-corrected chi connectivity index (χ2v) is 6.29. The average molecular weight is 313 g/mol. The monoisotopic (exact) mass is 312 g/mol. The molecule has 0 unspecified atom stereocenters. The van der Waals surface area contributed by atoms with Gasteiger partial charge in [0.05, 0.1) is 9.89 Å². The van der Waals surface area contributed by atoms with Crippen molar-refractivity contribution in [1.82, 2.24) is 0 Å². The molecule has 1 N–H and O–H groups in total. The lowest BCUT2D eigenvalue weighted by Crippen LogP contribution is -1.95. The molecule has 0 aliphatic rings. The van der Waals surface area contributed by atoms with E-state index in [2.05, 4.69) is 15.9 Å². The first-order valence-electron chi connectivity index (χ1n) is 5.30. The molecule has 2 aromatic rings. The molecule has 0 aliphatic carbocycles. The van der Waals surface area contributed by atoms with Crippen molar-refractivity contribution in [3.63, 3.8) is 0 Å². The molecule has 0 spiro atoms. The van der Waals surface area contributed by atoms with Crippen molar-refractivity contribution in [2.24, 2.45) is 0 Å². The molecule has 90 valence electrons. The topological polar surface area (TPSA) is 29.5 Å². The van der Waals surface area contributed by atoms with E-state index in [4.69, 9.17) is 4.74 Å². The van der Waals surface area contributed by atoms with Crippen LogP contribution >= 0.6 is 27.3 Å². The van der Waals surface area contributed by atoms with Gasteiger partial charge in [0.2, 0.25) is 0 Å². The van der Waals surface area contributed by atoms with Crippen LogP contribution in [0.3, 0.4) is 0 Å². The average Bonchev–Trinajstić information content (AvgIpc) is 2.73. The van der Waals surface area contributed by atoms with Crippen molar-refractivity contribution in [3.05, 3.63) is 50.6 Å². The van der Waals surface area contributed by atoms with Gasteiger partial charge in [0.25, 0.3) is 0 Å². The quantitative estimate of drug-likeness (QED) is 0.919. The number of ether oxygens (including phenoxy) is 1. The SMILES string of the molecule is C[C@@H](O)c1cccc(OCc2ccc(Br)s2)c1. The third-order valence-corrected chi connectivity index (χ3v) is 3.95. The van der Waals surface area contributed by atoms with Crippen LogP contribution in [0.15, 0.2) is 40.2 Å². The van der Waals surface area contributed by atoms with E-state index in [-0.39, 0.29) is 0 Å². The molecule has 1 atom stereocenters. The fourth-order valence-corrected chi connectivity index (χ4v) is 2.84. The summed E-state index contributed by atoms with van der Waals surface area (Å²) in [5.74, 6) is 0.785. The van der Waals surface area contributed by atoms with Gasteiger partial charge in [0.1, 0.15) is 12.4 Å². The molecule has 0 saturated carbocycles. The van der Waals surface area contributed by atoms with Gasteiger partial charge >= 0.3 is 0 Å². The maximum absolute atomic E-state index is 9.48. The van der Waals surface area contributed by atoms with E-state index >= 15 is 0 Å². The number of halogens is 1. The molecule has 1 aromatic carbocycles. The normalized spacial score (nSPS) is 12.4. The second kappa shape index (κ2) is 5.67. The summed E-state index contributed by atoms with van der Waals surface area (Å²) in [6.07, 6.45) is -0.463. The van der Waals surface area contributed by atoms with E-state index in [1.165, 1.54) is 4.88 Å². The smallest absolute Gasteiger partial charge is 0.122 e. The van der Waals surface area contributed by atoms with Crippen molar-refractivity contribution in [1.29, 1.82) is 0 Å². The predicted octanol–water partition coefficient (Wildman–Crippen LogP) is 4.14. The second-order valence-electron chi connectivity index (χ2n) is 3.74. The van der Waals surface area contributed by atoms with E-state index in [1.54, 1.807) is 18.3 Å². The highest BCUT2D eigenvalue weighted by Gasteiger charge is 2.03. The lowest BCUT2D eigenvalue weighted by molar-refractivity contribution is 0.198. The van der Waals surface area contributed by atoms with Crippen LogP contribution in [-0.4, -0.2) is 5.11 Å². The Morgan fingerprint density at radius 3 is 2.82 bits per heavy atom. The highest BCUT2D eigenvalue weighted by Crippen LogP contribution is 2.24. The maximum Gasteiger partial charge on any atom is 0.122 e. The van der Waals surface area contributed by atoms with Crippen molar-refractivity contribution in [2.45, 2.75) is 19.6 Å². The highest BCUT2D eigenvalue weighted by molar-refractivity contribution is 9.11. The highest BCUT2D eigenvalue weighted by atomic mass is 79.9. The van der Waals surface area contributed by atoms with Gasteiger partial charge in [0.15, 0.2) is 0 Å². The molecule has 4 heteroatoms. The molecule has 0 saturated heterocycles. The number of benzene rings is 1. The molecule has 17 heavy (non-hydrogen) atoms. The van der Waals surface area contributed by atoms with Gasteiger partial charge in [-0.15, -0.1) is 11.3 Å². The van der Waals surface area contributed by atoms with Gasteiger partial charge in [0, 0.05) is 4.88 Å². The Kier molecular flexibility index (Phi) is 4.20. The van der Waals surface area contributed by atoms with Crippen LogP contribution in [0, 0.1) is 0 Å². The Bertz CT molecular complexity index is 494. The number of hydrogen-bond donors (Lipinski definition) is 1. The molecule has 1 aromatic heterocycles. The van der Waals surface area contributed by atoms with Crippen LogP contribution in [-0.2, 0) is 6.61 Å². The van der Waals surface area contributed by atoms with Gasteiger partial charge < -0.3 is 9.84 Å². The summed E-state index contributed by atoms with van der Waals surface area (Å²) in [5, 5.41) is 9.48. The van der Waals surface area contributed by atoms with Crippen molar-refractivity contribution in [3.8, 4) is 5.75 Å². The van der Waals surface area contributed by atoms with Gasteiger partial charge in [-0.3, -0.25) is 0 Å². The molecular formula is C13H13BrO2S. The Balaban J connectivity index is 2.01. The molecule has 0 fully saturated rings. The fourth-order valence-electron chi connectivity index (χ4n) is 1.45. The largest absolute Gasteiger partial charge is 0.488 e. The summed E-state index contributed by atoms with van der Waals surface area (Å²) < 4.78 is 6.78. The Morgan fingerprint density at radius 1 is 1.35 bits per heavy atom. The minimum absolute atomic E-state index is 0.463. The van der Waals surface area contributed by atoms with Crippen molar-refractivity contribution < 1.29 is 9.84 Å². The standard InChI is InChI=1S/C13H13BrO2S/c1-9(15)10-3-2-4-11(7-10)16-8-12-5-6-13(14)17-12/h2-7,9,15H,8H2,1H3/t9-/m1/s1. The van der Waals surface area contributed by atoms with Crippen LogP contribution in [0.1, 0.15) is 23.5 Å². The maximum atomic E-state index is 9.48. The van der Waals surface area contributed by atoms with E-state index in [9.17, 15) is 5.11 Å². The molecule has 2 nitrogen and oxygen atoms in total. The summed E-state index contributed by atoms with van der Waals surface area (Å²) in [7, 11) is 0. The minimum Gasteiger partial charge on any atom is -0.488 e. The lowest BCUT2D eigenvalue weighted by Gasteiger charge is -2.08. The summed E-state index contributed by atoms with van der Waals surface area (Å²) in [4.78, 5) is 1.17. The summed E-state index contributed by atoms with van der Waals surface area (Å²) in [6.45, 7) is 2.30. The van der Waals surface area contributed by atoms with Crippen molar-refractivity contribution >= 4 is 27.3 Å². The van der Waals surface area contributed by atoms with Crippen LogP contribution in [0.25, 0.3) is 0 Å². The third-order valence-electron chi connectivity index (χ3n) is 2.35. The van der Waals surface area contributed by atoms with Gasteiger partial charge in [-0.2, -0.15) is 0 Å². The summed E-state index contributed by atoms with van der Waals surface area (Å²) in [5.41, 5.74) is 0.870. The van der Waals surface area contributed by atoms with Crippen LogP contribution in [0.2, 0.25) is 0 Å². The fraction of sp³-hybridized carbons (Fsp3) is 0.231. The molecule has 1 heterocycles. The molecule has 0 radical (unpaired) electrons. The van der Waals surface area contributed by atoms with Gasteiger partial charge in [-0.25, -0.2) is 0 Å². The molecule has 0 amide bonds. The lowest BCUT2D eigenvalue weighted by atomic mass is 10.1. The summed E-state index contributed by atoms with van der Waals surface area (Å²) >= 11 is 5.08. The zero-order chi connectivity index (χ0) is 12.3. The van der Waals surface area contributed by atoms with Crippen molar-refractivity contribution in [2.75, 3.05) is 0 Å². The van der Waals surface area contributed by atoms with Gasteiger partial charge in [-0.1, -0.05) is 12.1 Å². The Labute approximate surface area is 113 Å². The van der Waals surface area contributed by atoms with E-state index in [0.717, 1.165) is 15.1 Å².